The monoisotopic (exact) mass is 275 g/mol. The molecule has 1 heterocycles. The van der Waals surface area contributed by atoms with E-state index in [4.69, 9.17) is 0 Å². The molecule has 4 aromatic rings. The first kappa shape index (κ1) is 12.0. The summed E-state index contributed by atoms with van der Waals surface area (Å²) in [5.41, 5.74) is 2.38. The standard InChI is InChI=1S/C18H13NO2/c1-19-15-9-7-11-4-2-3-5-13(11)17(15)14-8-6-12(18(20)21)10-16(14)19/h2-10H,1H3,(H,20,21). The number of aryl methyl sites for hydroxylation is 1. The number of aromatic nitrogens is 1. The van der Waals surface area contributed by atoms with Gasteiger partial charge in [0.15, 0.2) is 0 Å². The second kappa shape index (κ2) is 4.09. The van der Waals surface area contributed by atoms with E-state index >= 15 is 0 Å². The molecule has 0 bridgehead atoms. The highest BCUT2D eigenvalue weighted by atomic mass is 16.4. The molecule has 0 saturated carbocycles. The molecule has 4 rings (SSSR count). The van der Waals surface area contributed by atoms with Gasteiger partial charge in [0.1, 0.15) is 0 Å². The van der Waals surface area contributed by atoms with Crippen LogP contribution in [0, 0.1) is 0 Å². The van der Waals surface area contributed by atoms with Crippen molar-refractivity contribution in [3.8, 4) is 0 Å². The zero-order chi connectivity index (χ0) is 14.6. The molecule has 0 aliphatic carbocycles. The van der Waals surface area contributed by atoms with Gasteiger partial charge in [0, 0.05) is 28.9 Å². The topological polar surface area (TPSA) is 42.2 Å². The number of carboxylic acids is 1. The van der Waals surface area contributed by atoms with Crippen molar-refractivity contribution in [3.05, 3.63) is 60.2 Å². The van der Waals surface area contributed by atoms with Crippen molar-refractivity contribution < 1.29 is 9.90 Å². The highest BCUT2D eigenvalue weighted by Gasteiger charge is 2.13. The number of carbonyl (C=O) groups is 1. The van der Waals surface area contributed by atoms with E-state index in [-0.39, 0.29) is 0 Å². The van der Waals surface area contributed by atoms with Gasteiger partial charge in [0.25, 0.3) is 0 Å². The van der Waals surface area contributed by atoms with Crippen molar-refractivity contribution in [2.75, 3.05) is 0 Å². The van der Waals surface area contributed by atoms with Gasteiger partial charge in [-0.1, -0.05) is 36.4 Å². The predicted octanol–water partition coefficient (Wildman–Crippen LogP) is 4.18. The molecule has 1 aromatic heterocycles. The lowest BCUT2D eigenvalue weighted by atomic mass is 10.0. The van der Waals surface area contributed by atoms with Crippen LogP contribution in [-0.4, -0.2) is 15.6 Å². The normalized spacial score (nSPS) is 11.5. The maximum atomic E-state index is 11.2. The third-order valence-electron chi connectivity index (χ3n) is 4.14. The molecule has 0 aliphatic rings. The molecule has 0 spiro atoms. The Labute approximate surface area is 121 Å². The first-order valence-electron chi connectivity index (χ1n) is 6.80. The fourth-order valence-corrected chi connectivity index (χ4v) is 3.11. The number of aromatic carboxylic acids is 1. The van der Waals surface area contributed by atoms with E-state index < -0.39 is 5.97 Å². The first-order valence-corrected chi connectivity index (χ1v) is 6.80. The SMILES string of the molecule is Cn1c2cc(C(=O)O)ccc2c2c3ccccc3ccc21. The van der Waals surface area contributed by atoms with Crippen LogP contribution >= 0.6 is 0 Å². The van der Waals surface area contributed by atoms with Crippen LogP contribution in [0.15, 0.2) is 54.6 Å². The van der Waals surface area contributed by atoms with Gasteiger partial charge in [-0.2, -0.15) is 0 Å². The van der Waals surface area contributed by atoms with E-state index in [1.54, 1.807) is 12.1 Å². The molecule has 0 fully saturated rings. The molecule has 1 N–H and O–H groups in total. The largest absolute Gasteiger partial charge is 0.478 e. The maximum Gasteiger partial charge on any atom is 0.335 e. The Hall–Kier alpha value is -2.81. The molecule has 0 aliphatic heterocycles. The van der Waals surface area contributed by atoms with Gasteiger partial charge in [-0.05, 0) is 29.0 Å². The molecule has 0 unspecified atom stereocenters. The molecular formula is C18H13NO2. The Morgan fingerprint density at radius 3 is 2.57 bits per heavy atom. The van der Waals surface area contributed by atoms with Crippen molar-refractivity contribution in [2.45, 2.75) is 0 Å². The first-order chi connectivity index (χ1) is 10.2. The summed E-state index contributed by atoms with van der Waals surface area (Å²) in [6.07, 6.45) is 0. The zero-order valence-electron chi connectivity index (χ0n) is 11.5. The Bertz CT molecular complexity index is 1030. The minimum atomic E-state index is -0.896. The van der Waals surface area contributed by atoms with Crippen LogP contribution in [0.2, 0.25) is 0 Å². The average molecular weight is 275 g/mol. The van der Waals surface area contributed by atoms with Crippen LogP contribution < -0.4 is 0 Å². The van der Waals surface area contributed by atoms with Crippen LogP contribution in [-0.2, 0) is 7.05 Å². The minimum Gasteiger partial charge on any atom is -0.478 e. The third-order valence-corrected chi connectivity index (χ3v) is 4.14. The lowest BCUT2D eigenvalue weighted by Crippen LogP contribution is -1.96. The van der Waals surface area contributed by atoms with Gasteiger partial charge in [0.2, 0.25) is 0 Å². The summed E-state index contributed by atoms with van der Waals surface area (Å²) in [6, 6.07) is 17.8. The van der Waals surface area contributed by atoms with Crippen LogP contribution in [0.4, 0.5) is 0 Å². The summed E-state index contributed by atoms with van der Waals surface area (Å²) in [6.45, 7) is 0. The fourth-order valence-electron chi connectivity index (χ4n) is 3.11. The Morgan fingerprint density at radius 1 is 0.952 bits per heavy atom. The van der Waals surface area contributed by atoms with Gasteiger partial charge in [-0.15, -0.1) is 0 Å². The summed E-state index contributed by atoms with van der Waals surface area (Å²) < 4.78 is 2.06. The Balaban J connectivity index is 2.26. The average Bonchev–Trinajstić information content (AvgIpc) is 2.80. The zero-order valence-corrected chi connectivity index (χ0v) is 11.5. The number of hydrogen-bond donors (Lipinski definition) is 1. The number of hydrogen-bond acceptors (Lipinski definition) is 1. The van der Waals surface area contributed by atoms with Gasteiger partial charge < -0.3 is 9.67 Å². The van der Waals surface area contributed by atoms with Crippen LogP contribution in [0.3, 0.4) is 0 Å². The summed E-state index contributed by atoms with van der Waals surface area (Å²) in [5, 5.41) is 13.8. The van der Waals surface area contributed by atoms with Crippen LogP contribution in [0.5, 0.6) is 0 Å². The number of nitrogens with zero attached hydrogens (tertiary/aromatic N) is 1. The molecule has 0 radical (unpaired) electrons. The fraction of sp³-hybridized carbons (Fsp3) is 0.0556. The minimum absolute atomic E-state index is 0.317. The van der Waals surface area contributed by atoms with E-state index in [9.17, 15) is 9.90 Å². The maximum absolute atomic E-state index is 11.2. The molecular weight excluding hydrogens is 262 g/mol. The van der Waals surface area contributed by atoms with Crippen molar-refractivity contribution in [1.29, 1.82) is 0 Å². The molecule has 3 nitrogen and oxygen atoms in total. The summed E-state index contributed by atoms with van der Waals surface area (Å²) in [7, 11) is 1.98. The van der Waals surface area contributed by atoms with Crippen LogP contribution in [0.25, 0.3) is 32.6 Å². The molecule has 3 aromatic carbocycles. The Morgan fingerprint density at radius 2 is 1.76 bits per heavy atom. The van der Waals surface area contributed by atoms with Gasteiger partial charge >= 0.3 is 5.97 Å². The highest BCUT2D eigenvalue weighted by molar-refractivity contribution is 6.21. The number of benzene rings is 3. The summed E-state index contributed by atoms with van der Waals surface area (Å²) in [4.78, 5) is 11.2. The van der Waals surface area contributed by atoms with E-state index in [1.165, 1.54) is 16.2 Å². The van der Waals surface area contributed by atoms with Crippen molar-refractivity contribution in [1.82, 2.24) is 4.57 Å². The molecule has 0 saturated heterocycles. The molecule has 0 atom stereocenters. The Kier molecular flexibility index (Phi) is 2.33. The highest BCUT2D eigenvalue weighted by Crippen LogP contribution is 2.34. The predicted molar refractivity (Wildman–Crippen MR) is 84.9 cm³/mol. The summed E-state index contributed by atoms with van der Waals surface area (Å²) >= 11 is 0. The third kappa shape index (κ3) is 1.57. The van der Waals surface area contributed by atoms with Gasteiger partial charge in [-0.25, -0.2) is 4.79 Å². The van der Waals surface area contributed by atoms with E-state index in [2.05, 4.69) is 28.8 Å². The van der Waals surface area contributed by atoms with Crippen molar-refractivity contribution in [2.24, 2.45) is 7.05 Å². The molecule has 3 heteroatoms. The van der Waals surface area contributed by atoms with Crippen molar-refractivity contribution >= 4 is 38.5 Å². The second-order valence-electron chi connectivity index (χ2n) is 5.28. The second-order valence-corrected chi connectivity index (χ2v) is 5.28. The number of rotatable bonds is 1. The van der Waals surface area contributed by atoms with Gasteiger partial charge in [-0.3, -0.25) is 0 Å². The summed E-state index contributed by atoms with van der Waals surface area (Å²) in [5.74, 6) is -0.896. The van der Waals surface area contributed by atoms with Gasteiger partial charge in [0.05, 0.1) is 5.56 Å². The van der Waals surface area contributed by atoms with Crippen molar-refractivity contribution in [3.63, 3.8) is 0 Å². The van der Waals surface area contributed by atoms with E-state index in [1.807, 2.05) is 25.2 Å². The smallest absolute Gasteiger partial charge is 0.335 e. The van der Waals surface area contributed by atoms with Crippen LogP contribution in [0.1, 0.15) is 10.4 Å². The lowest BCUT2D eigenvalue weighted by molar-refractivity contribution is 0.0697. The number of fused-ring (bicyclic) bond motifs is 5. The number of carboxylic acid groups (broad SMARTS) is 1. The molecule has 0 amide bonds. The lowest BCUT2D eigenvalue weighted by Gasteiger charge is -2.01. The van der Waals surface area contributed by atoms with E-state index in [0.717, 1.165) is 16.4 Å². The van der Waals surface area contributed by atoms with E-state index in [0.29, 0.717) is 5.56 Å². The quantitative estimate of drug-likeness (QED) is 0.566. The molecule has 102 valence electrons. The molecule has 21 heavy (non-hydrogen) atoms.